The molecule has 0 bridgehead atoms. The molecule has 0 fully saturated rings. The number of anilines is 1. The largest absolute Gasteiger partial charge is 0.497 e. The summed E-state index contributed by atoms with van der Waals surface area (Å²) in [6.07, 6.45) is -4.37. The van der Waals surface area contributed by atoms with Crippen molar-refractivity contribution >= 4 is 17.4 Å². The van der Waals surface area contributed by atoms with Gasteiger partial charge in [-0.2, -0.15) is 13.2 Å². The zero-order valence-corrected chi connectivity index (χ0v) is 12.1. The van der Waals surface area contributed by atoms with Gasteiger partial charge in [-0.25, -0.2) is 0 Å². The van der Waals surface area contributed by atoms with Crippen LogP contribution in [0.2, 0.25) is 0 Å². The molecular formula is C15H14F3NOS. The predicted octanol–water partition coefficient (Wildman–Crippen LogP) is 4.59. The third-order valence-electron chi connectivity index (χ3n) is 2.87. The van der Waals surface area contributed by atoms with E-state index in [4.69, 9.17) is 10.5 Å². The third-order valence-corrected chi connectivity index (χ3v) is 4.03. The topological polar surface area (TPSA) is 35.2 Å². The average molecular weight is 313 g/mol. The zero-order chi connectivity index (χ0) is 15.5. The van der Waals surface area contributed by atoms with Gasteiger partial charge in [-0.05, 0) is 35.9 Å². The van der Waals surface area contributed by atoms with Gasteiger partial charge in [-0.3, -0.25) is 0 Å². The first-order valence-corrected chi connectivity index (χ1v) is 7.11. The highest BCUT2D eigenvalue weighted by Gasteiger charge is 2.30. The van der Waals surface area contributed by atoms with Crippen molar-refractivity contribution in [2.45, 2.75) is 16.8 Å². The van der Waals surface area contributed by atoms with Crippen LogP contribution in [0, 0.1) is 0 Å². The van der Waals surface area contributed by atoms with E-state index in [1.807, 2.05) is 24.3 Å². The molecule has 0 radical (unpaired) electrons. The van der Waals surface area contributed by atoms with E-state index in [0.717, 1.165) is 23.4 Å². The monoisotopic (exact) mass is 313 g/mol. The van der Waals surface area contributed by atoms with Crippen LogP contribution in [0.3, 0.4) is 0 Å². The Morgan fingerprint density at radius 1 is 1.14 bits per heavy atom. The van der Waals surface area contributed by atoms with Gasteiger partial charge in [0.15, 0.2) is 0 Å². The molecule has 0 aliphatic heterocycles. The Morgan fingerprint density at radius 2 is 1.90 bits per heavy atom. The first kappa shape index (κ1) is 15.6. The molecular weight excluding hydrogens is 299 g/mol. The lowest BCUT2D eigenvalue weighted by Crippen LogP contribution is -2.05. The number of rotatable bonds is 4. The number of thioether (sulfide) groups is 1. The molecule has 6 heteroatoms. The highest BCUT2D eigenvalue weighted by Crippen LogP contribution is 2.35. The summed E-state index contributed by atoms with van der Waals surface area (Å²) in [6.45, 7) is 0. The molecule has 2 aromatic carbocycles. The fraction of sp³-hybridized carbons (Fsp3) is 0.200. The minimum absolute atomic E-state index is 0.137. The summed E-state index contributed by atoms with van der Waals surface area (Å²) in [5.41, 5.74) is 6.11. The minimum atomic E-state index is -4.37. The second-order valence-corrected chi connectivity index (χ2v) is 5.41. The number of nitrogen functional groups attached to an aromatic ring is 1. The van der Waals surface area contributed by atoms with E-state index in [1.54, 1.807) is 7.11 Å². The van der Waals surface area contributed by atoms with Crippen molar-refractivity contribution in [3.8, 4) is 5.75 Å². The van der Waals surface area contributed by atoms with E-state index in [2.05, 4.69) is 0 Å². The van der Waals surface area contributed by atoms with Gasteiger partial charge in [0.05, 0.1) is 12.7 Å². The molecule has 0 saturated carbocycles. The minimum Gasteiger partial charge on any atom is -0.497 e. The summed E-state index contributed by atoms with van der Waals surface area (Å²) in [5, 5.41) is 0. The number of nitrogens with two attached hydrogens (primary N) is 1. The van der Waals surface area contributed by atoms with E-state index in [9.17, 15) is 13.2 Å². The Labute approximate surface area is 125 Å². The summed E-state index contributed by atoms with van der Waals surface area (Å²) in [7, 11) is 1.58. The molecule has 0 aliphatic rings. The van der Waals surface area contributed by atoms with Crippen molar-refractivity contribution < 1.29 is 17.9 Å². The quantitative estimate of drug-likeness (QED) is 0.662. The van der Waals surface area contributed by atoms with Crippen LogP contribution in [0.15, 0.2) is 47.4 Å². The second kappa shape index (κ2) is 6.30. The Hall–Kier alpha value is -1.82. The molecule has 0 spiro atoms. The molecule has 0 aliphatic carbocycles. The van der Waals surface area contributed by atoms with Crippen LogP contribution in [-0.4, -0.2) is 7.11 Å². The SMILES string of the molecule is COc1cccc(CSc2ccc(C(F)(F)F)cc2N)c1. The summed E-state index contributed by atoms with van der Waals surface area (Å²) >= 11 is 1.39. The molecule has 0 heterocycles. The third kappa shape index (κ3) is 4.07. The van der Waals surface area contributed by atoms with Gasteiger partial charge in [-0.15, -0.1) is 11.8 Å². The number of halogens is 3. The molecule has 21 heavy (non-hydrogen) atoms. The standard InChI is InChI=1S/C15H14F3NOS/c1-20-12-4-2-3-10(7-12)9-21-14-6-5-11(8-13(14)19)15(16,17)18/h2-8H,9,19H2,1H3. The van der Waals surface area contributed by atoms with Gasteiger partial charge in [-0.1, -0.05) is 12.1 Å². The van der Waals surface area contributed by atoms with Crippen LogP contribution >= 0.6 is 11.8 Å². The molecule has 0 saturated heterocycles. The molecule has 0 aromatic heterocycles. The van der Waals surface area contributed by atoms with Crippen molar-refractivity contribution in [2.24, 2.45) is 0 Å². The molecule has 0 amide bonds. The Bertz CT molecular complexity index is 629. The average Bonchev–Trinajstić information content (AvgIpc) is 2.45. The Kier molecular flexibility index (Phi) is 4.67. The Morgan fingerprint density at radius 3 is 2.52 bits per heavy atom. The van der Waals surface area contributed by atoms with Crippen molar-refractivity contribution in [3.05, 3.63) is 53.6 Å². The van der Waals surface area contributed by atoms with Crippen LogP contribution < -0.4 is 10.5 Å². The second-order valence-electron chi connectivity index (χ2n) is 4.39. The number of ether oxygens (including phenoxy) is 1. The van der Waals surface area contributed by atoms with Crippen molar-refractivity contribution in [2.75, 3.05) is 12.8 Å². The fourth-order valence-electron chi connectivity index (χ4n) is 1.78. The first-order valence-electron chi connectivity index (χ1n) is 6.12. The van der Waals surface area contributed by atoms with Crippen LogP contribution in [-0.2, 0) is 11.9 Å². The zero-order valence-electron chi connectivity index (χ0n) is 11.3. The summed E-state index contributed by atoms with van der Waals surface area (Å²) in [4.78, 5) is 0.630. The maximum Gasteiger partial charge on any atom is 0.416 e. The normalized spacial score (nSPS) is 11.4. The smallest absolute Gasteiger partial charge is 0.416 e. The van der Waals surface area contributed by atoms with E-state index in [0.29, 0.717) is 10.6 Å². The van der Waals surface area contributed by atoms with Gasteiger partial charge in [0.1, 0.15) is 5.75 Å². The summed E-state index contributed by atoms with van der Waals surface area (Å²) < 4.78 is 42.8. The molecule has 2 N–H and O–H groups in total. The number of benzene rings is 2. The summed E-state index contributed by atoms with van der Waals surface area (Å²) in [5.74, 6) is 1.35. The number of hydrogen-bond acceptors (Lipinski definition) is 3. The summed E-state index contributed by atoms with van der Waals surface area (Å²) in [6, 6.07) is 10.9. The predicted molar refractivity (Wildman–Crippen MR) is 78.4 cm³/mol. The van der Waals surface area contributed by atoms with Crippen molar-refractivity contribution in [1.29, 1.82) is 0 Å². The lowest BCUT2D eigenvalue weighted by molar-refractivity contribution is -0.137. The van der Waals surface area contributed by atoms with Gasteiger partial charge in [0.25, 0.3) is 0 Å². The molecule has 2 nitrogen and oxygen atoms in total. The lowest BCUT2D eigenvalue weighted by atomic mass is 10.2. The van der Waals surface area contributed by atoms with Gasteiger partial charge < -0.3 is 10.5 Å². The van der Waals surface area contributed by atoms with Crippen LogP contribution in [0.1, 0.15) is 11.1 Å². The van der Waals surface area contributed by atoms with Crippen molar-refractivity contribution in [3.63, 3.8) is 0 Å². The fourth-order valence-corrected chi connectivity index (χ4v) is 2.67. The molecule has 2 rings (SSSR count). The number of hydrogen-bond donors (Lipinski definition) is 1. The lowest BCUT2D eigenvalue weighted by Gasteiger charge is -2.11. The van der Waals surface area contributed by atoms with Gasteiger partial charge >= 0.3 is 6.18 Å². The molecule has 0 unspecified atom stereocenters. The highest BCUT2D eigenvalue weighted by atomic mass is 32.2. The maximum atomic E-state index is 12.6. The van der Waals surface area contributed by atoms with E-state index < -0.39 is 11.7 Å². The molecule has 0 atom stereocenters. The van der Waals surface area contributed by atoms with Gasteiger partial charge in [0, 0.05) is 16.3 Å². The van der Waals surface area contributed by atoms with Gasteiger partial charge in [0.2, 0.25) is 0 Å². The first-order chi connectivity index (χ1) is 9.90. The Balaban J connectivity index is 2.10. The van der Waals surface area contributed by atoms with Crippen LogP contribution in [0.4, 0.5) is 18.9 Å². The van der Waals surface area contributed by atoms with E-state index in [-0.39, 0.29) is 5.69 Å². The maximum absolute atomic E-state index is 12.6. The number of methoxy groups -OCH3 is 1. The van der Waals surface area contributed by atoms with Crippen LogP contribution in [0.25, 0.3) is 0 Å². The van der Waals surface area contributed by atoms with E-state index in [1.165, 1.54) is 17.8 Å². The molecule has 112 valence electrons. The highest BCUT2D eigenvalue weighted by molar-refractivity contribution is 7.98. The molecule has 2 aromatic rings. The van der Waals surface area contributed by atoms with Crippen molar-refractivity contribution in [1.82, 2.24) is 0 Å². The van der Waals surface area contributed by atoms with Crippen LogP contribution in [0.5, 0.6) is 5.75 Å². The number of alkyl halides is 3. The van der Waals surface area contributed by atoms with E-state index >= 15 is 0 Å².